The Morgan fingerprint density at radius 2 is 1.78 bits per heavy atom. The highest BCUT2D eigenvalue weighted by molar-refractivity contribution is 7.25. The normalized spacial score (nSPS) is 11.2. The molecule has 32 heavy (non-hydrogen) atoms. The fourth-order valence-corrected chi connectivity index (χ4v) is 4.78. The molecule has 3 aromatic heterocycles. The molecule has 3 heterocycles. The lowest BCUT2D eigenvalue weighted by atomic mass is 10.2. The van der Waals surface area contributed by atoms with Gasteiger partial charge in [0, 0.05) is 15.8 Å². The highest BCUT2D eigenvalue weighted by Crippen LogP contribution is 2.31. The van der Waals surface area contributed by atoms with E-state index in [-0.39, 0.29) is 18.8 Å². The van der Waals surface area contributed by atoms with Crippen LogP contribution in [0.3, 0.4) is 0 Å². The van der Waals surface area contributed by atoms with Crippen molar-refractivity contribution in [3.05, 3.63) is 93.5 Å². The van der Waals surface area contributed by atoms with Crippen LogP contribution >= 0.6 is 11.3 Å². The number of benzene rings is 2. The molecule has 0 atom stereocenters. The Morgan fingerprint density at radius 3 is 2.53 bits per heavy atom. The molecule has 8 nitrogen and oxygen atoms in total. The van der Waals surface area contributed by atoms with E-state index in [0.29, 0.717) is 21.7 Å². The molecule has 0 aliphatic heterocycles. The predicted molar refractivity (Wildman–Crippen MR) is 122 cm³/mol. The molecule has 0 aliphatic carbocycles. The zero-order valence-corrected chi connectivity index (χ0v) is 17.5. The van der Waals surface area contributed by atoms with Gasteiger partial charge in [-0.05, 0) is 42.5 Å². The zero-order valence-electron chi connectivity index (χ0n) is 16.6. The van der Waals surface area contributed by atoms with E-state index >= 15 is 0 Å². The molecule has 0 saturated carbocycles. The van der Waals surface area contributed by atoms with Gasteiger partial charge in [0.25, 0.3) is 5.56 Å². The molecule has 2 N–H and O–H groups in total. The standard InChI is InChI=1S/C23H17N3O5S/c27-15-9-7-14(8-10-15)24-19(28)13-25-20-17-5-1-2-6-18(17)32-21(20)22(29)26(23(25)30)12-16-4-3-11-31-16/h1-11,27H,12-13H2,(H,24,28). The lowest BCUT2D eigenvalue weighted by molar-refractivity contribution is -0.116. The van der Waals surface area contributed by atoms with Crippen LogP contribution in [-0.4, -0.2) is 20.1 Å². The maximum Gasteiger partial charge on any atom is 0.332 e. The van der Waals surface area contributed by atoms with Crippen LogP contribution in [0.25, 0.3) is 20.3 Å². The van der Waals surface area contributed by atoms with Crippen molar-refractivity contribution in [3.8, 4) is 5.75 Å². The second kappa shape index (κ2) is 7.86. The molecule has 0 aliphatic rings. The van der Waals surface area contributed by atoms with Crippen LogP contribution in [0.5, 0.6) is 5.75 Å². The third kappa shape index (κ3) is 3.48. The van der Waals surface area contributed by atoms with Crippen molar-refractivity contribution in [1.82, 2.24) is 9.13 Å². The zero-order chi connectivity index (χ0) is 22.2. The van der Waals surface area contributed by atoms with Crippen molar-refractivity contribution in [2.75, 3.05) is 5.32 Å². The van der Waals surface area contributed by atoms with E-state index in [1.165, 1.54) is 34.3 Å². The van der Waals surface area contributed by atoms with Gasteiger partial charge in [-0.2, -0.15) is 0 Å². The van der Waals surface area contributed by atoms with Crippen molar-refractivity contribution in [2.24, 2.45) is 0 Å². The largest absolute Gasteiger partial charge is 0.508 e. The summed E-state index contributed by atoms with van der Waals surface area (Å²) >= 11 is 1.29. The Hall–Kier alpha value is -4.11. The van der Waals surface area contributed by atoms with Crippen molar-refractivity contribution < 1.29 is 14.3 Å². The van der Waals surface area contributed by atoms with Crippen LogP contribution in [0, 0.1) is 0 Å². The van der Waals surface area contributed by atoms with Gasteiger partial charge in [0.15, 0.2) is 0 Å². The van der Waals surface area contributed by atoms with E-state index in [2.05, 4.69) is 5.32 Å². The van der Waals surface area contributed by atoms with Crippen molar-refractivity contribution >= 4 is 43.2 Å². The molecule has 1 amide bonds. The molecular formula is C23H17N3O5S. The highest BCUT2D eigenvalue weighted by Gasteiger charge is 2.20. The number of anilines is 1. The number of hydrogen-bond acceptors (Lipinski definition) is 6. The molecule has 2 aromatic carbocycles. The lowest BCUT2D eigenvalue weighted by Crippen LogP contribution is -2.41. The number of hydrogen-bond donors (Lipinski definition) is 2. The monoisotopic (exact) mass is 447 g/mol. The molecule has 0 saturated heterocycles. The number of aromatic nitrogens is 2. The highest BCUT2D eigenvalue weighted by atomic mass is 32.1. The summed E-state index contributed by atoms with van der Waals surface area (Å²) in [6.45, 7) is -0.316. The first kappa shape index (κ1) is 19.8. The number of phenols is 1. The quantitative estimate of drug-likeness (QED) is 0.402. The molecule has 9 heteroatoms. The molecular weight excluding hydrogens is 430 g/mol. The number of nitrogens with zero attached hydrogens (tertiary/aromatic N) is 2. The smallest absolute Gasteiger partial charge is 0.332 e. The summed E-state index contributed by atoms with van der Waals surface area (Å²) in [7, 11) is 0. The van der Waals surface area contributed by atoms with Crippen LogP contribution in [0.15, 0.2) is 80.9 Å². The minimum atomic E-state index is -0.594. The summed E-state index contributed by atoms with van der Waals surface area (Å²) in [6.07, 6.45) is 1.47. The van der Waals surface area contributed by atoms with Gasteiger partial charge in [0.05, 0.1) is 18.3 Å². The van der Waals surface area contributed by atoms with Crippen molar-refractivity contribution in [3.63, 3.8) is 0 Å². The predicted octanol–water partition coefficient (Wildman–Crippen LogP) is 3.36. The Kier molecular flexibility index (Phi) is 4.87. The number of carbonyl (C=O) groups is 1. The number of nitrogens with one attached hydrogen (secondary N) is 1. The maximum absolute atomic E-state index is 13.4. The van der Waals surface area contributed by atoms with E-state index in [1.54, 1.807) is 24.3 Å². The van der Waals surface area contributed by atoms with E-state index in [0.717, 1.165) is 14.7 Å². The molecule has 0 unspecified atom stereocenters. The summed E-state index contributed by atoms with van der Waals surface area (Å²) in [4.78, 5) is 39.4. The second-order valence-electron chi connectivity index (χ2n) is 7.21. The first-order chi connectivity index (χ1) is 15.5. The Bertz CT molecular complexity index is 1560. The number of carbonyl (C=O) groups excluding carboxylic acids is 1. The minimum absolute atomic E-state index is 0.0333. The number of amides is 1. The van der Waals surface area contributed by atoms with Gasteiger partial charge >= 0.3 is 5.69 Å². The molecule has 0 radical (unpaired) electrons. The summed E-state index contributed by atoms with van der Waals surface area (Å²) in [5.41, 5.74) is -0.0885. The first-order valence-corrected chi connectivity index (χ1v) is 10.6. The van der Waals surface area contributed by atoms with Crippen LogP contribution in [0.4, 0.5) is 5.69 Å². The second-order valence-corrected chi connectivity index (χ2v) is 8.26. The first-order valence-electron chi connectivity index (χ1n) is 9.77. The van der Waals surface area contributed by atoms with Gasteiger partial charge in [-0.25, -0.2) is 4.79 Å². The summed E-state index contributed by atoms with van der Waals surface area (Å²) in [6, 6.07) is 16.8. The summed E-state index contributed by atoms with van der Waals surface area (Å²) in [5.74, 6) is 0.109. The molecule has 0 fully saturated rings. The number of furan rings is 1. The van der Waals surface area contributed by atoms with Crippen LogP contribution in [-0.2, 0) is 17.9 Å². The number of fused-ring (bicyclic) bond motifs is 3. The van der Waals surface area contributed by atoms with E-state index < -0.39 is 17.2 Å². The summed E-state index contributed by atoms with van der Waals surface area (Å²) < 4.78 is 8.99. The van der Waals surface area contributed by atoms with Crippen LogP contribution in [0.2, 0.25) is 0 Å². The Labute approximate surface area is 184 Å². The van der Waals surface area contributed by atoms with E-state index in [1.807, 2.05) is 24.3 Å². The van der Waals surface area contributed by atoms with Crippen molar-refractivity contribution in [1.29, 1.82) is 0 Å². The Morgan fingerprint density at radius 1 is 1.00 bits per heavy atom. The van der Waals surface area contributed by atoms with E-state index in [9.17, 15) is 19.5 Å². The summed E-state index contributed by atoms with van der Waals surface area (Å²) in [5, 5.41) is 12.9. The molecule has 5 rings (SSSR count). The molecule has 0 bridgehead atoms. The third-order valence-corrected chi connectivity index (χ3v) is 6.24. The topological polar surface area (TPSA) is 106 Å². The minimum Gasteiger partial charge on any atom is -0.508 e. The average molecular weight is 447 g/mol. The third-order valence-electron chi connectivity index (χ3n) is 5.09. The van der Waals surface area contributed by atoms with Crippen LogP contribution < -0.4 is 16.6 Å². The number of rotatable bonds is 5. The number of thiophene rings is 1. The van der Waals surface area contributed by atoms with Gasteiger partial charge < -0.3 is 14.8 Å². The average Bonchev–Trinajstić information content (AvgIpc) is 3.44. The fourth-order valence-electron chi connectivity index (χ4n) is 3.63. The molecule has 160 valence electrons. The van der Waals surface area contributed by atoms with Gasteiger partial charge in [0.1, 0.15) is 22.8 Å². The van der Waals surface area contributed by atoms with E-state index in [4.69, 9.17) is 4.42 Å². The van der Waals surface area contributed by atoms with Gasteiger partial charge in [-0.15, -0.1) is 11.3 Å². The maximum atomic E-state index is 13.4. The van der Waals surface area contributed by atoms with Gasteiger partial charge in [0.2, 0.25) is 5.91 Å². The molecule has 0 spiro atoms. The van der Waals surface area contributed by atoms with Crippen LogP contribution in [0.1, 0.15) is 5.76 Å². The number of aromatic hydroxyl groups is 1. The SMILES string of the molecule is O=C(Cn1c(=O)n(Cc2ccco2)c(=O)c2sc3ccccc3c21)Nc1ccc(O)cc1. The lowest BCUT2D eigenvalue weighted by Gasteiger charge is -2.12. The van der Waals surface area contributed by atoms with Crippen molar-refractivity contribution in [2.45, 2.75) is 13.1 Å². The number of phenolic OH excluding ortho intramolecular Hbond substituents is 1. The fraction of sp³-hybridized carbons (Fsp3) is 0.0870. The Balaban J connectivity index is 1.65. The van der Waals surface area contributed by atoms with Gasteiger partial charge in [-0.3, -0.25) is 18.7 Å². The van der Waals surface area contributed by atoms with Gasteiger partial charge in [-0.1, -0.05) is 18.2 Å². The molecule has 5 aromatic rings.